The Balaban J connectivity index is 2.43. The fourth-order valence-electron chi connectivity index (χ4n) is 1.83. The molecule has 0 aliphatic heterocycles. The number of hydrogen-bond donors (Lipinski definition) is 3. The van der Waals surface area contributed by atoms with E-state index in [-0.39, 0.29) is 18.4 Å². The smallest absolute Gasteiger partial charge is 0.408 e. The fraction of sp³-hybridized carbons (Fsp3) is 0.526. The average molecular weight is 363 g/mol. The summed E-state index contributed by atoms with van der Waals surface area (Å²) >= 11 is 0. The van der Waals surface area contributed by atoms with E-state index < -0.39 is 17.1 Å². The molecule has 7 nitrogen and oxygen atoms in total. The van der Waals surface area contributed by atoms with Gasteiger partial charge >= 0.3 is 6.09 Å². The molecule has 0 radical (unpaired) electrons. The molecule has 0 spiro atoms. The van der Waals surface area contributed by atoms with Gasteiger partial charge in [0.2, 0.25) is 11.8 Å². The van der Waals surface area contributed by atoms with Gasteiger partial charge in [0.15, 0.2) is 0 Å². The molecule has 0 fully saturated rings. The molecule has 0 aromatic heterocycles. The number of nitrogens with one attached hydrogen (secondary N) is 3. The third-order valence-corrected chi connectivity index (χ3v) is 3.16. The lowest BCUT2D eigenvalue weighted by molar-refractivity contribution is -0.128. The molecule has 26 heavy (non-hydrogen) atoms. The van der Waals surface area contributed by atoms with Crippen molar-refractivity contribution in [1.82, 2.24) is 10.6 Å². The molecular formula is C19H29N3O4. The highest BCUT2D eigenvalue weighted by Crippen LogP contribution is 2.14. The van der Waals surface area contributed by atoms with Crippen molar-refractivity contribution in [3.05, 3.63) is 29.8 Å². The van der Waals surface area contributed by atoms with E-state index in [2.05, 4.69) is 16.0 Å². The quantitative estimate of drug-likeness (QED) is 0.749. The monoisotopic (exact) mass is 363 g/mol. The van der Waals surface area contributed by atoms with E-state index >= 15 is 0 Å². The summed E-state index contributed by atoms with van der Waals surface area (Å²) in [6.45, 7) is 11.0. The molecule has 7 heteroatoms. The predicted molar refractivity (Wildman–Crippen MR) is 101 cm³/mol. The molecule has 0 saturated heterocycles. The molecule has 0 saturated carbocycles. The van der Waals surface area contributed by atoms with Gasteiger partial charge in [-0.15, -0.1) is 0 Å². The number of alkyl carbamates (subject to hydrolysis) is 1. The normalized spacial score (nSPS) is 11.5. The Hall–Kier alpha value is -2.57. The second-order valence-corrected chi connectivity index (χ2v) is 8.03. The molecule has 3 amide bonds. The first-order chi connectivity index (χ1) is 11.9. The fourth-order valence-corrected chi connectivity index (χ4v) is 1.83. The Bertz CT molecular complexity index is 640. The minimum atomic E-state index is -0.641. The molecule has 1 rings (SSSR count). The number of hydrogen-bond acceptors (Lipinski definition) is 4. The Morgan fingerprint density at radius 3 is 2.00 bits per heavy atom. The Kier molecular flexibility index (Phi) is 7.18. The highest BCUT2D eigenvalue weighted by molar-refractivity contribution is 5.93. The van der Waals surface area contributed by atoms with Crippen LogP contribution in [-0.4, -0.2) is 30.1 Å². The van der Waals surface area contributed by atoms with E-state index in [4.69, 9.17) is 4.74 Å². The maximum atomic E-state index is 11.9. The maximum absolute atomic E-state index is 11.9. The molecular weight excluding hydrogens is 334 g/mol. The summed E-state index contributed by atoms with van der Waals surface area (Å²) in [6.07, 6.45) is -0.641. The molecule has 0 aliphatic carbocycles. The van der Waals surface area contributed by atoms with E-state index in [9.17, 15) is 14.4 Å². The minimum Gasteiger partial charge on any atom is -0.444 e. The summed E-state index contributed by atoms with van der Waals surface area (Å²) in [5, 5.41) is 7.94. The van der Waals surface area contributed by atoms with Crippen molar-refractivity contribution in [2.45, 2.75) is 53.7 Å². The van der Waals surface area contributed by atoms with Crippen molar-refractivity contribution in [2.75, 3.05) is 11.9 Å². The van der Waals surface area contributed by atoms with E-state index in [0.29, 0.717) is 12.2 Å². The molecule has 0 bridgehead atoms. The van der Waals surface area contributed by atoms with Crippen LogP contribution in [0.3, 0.4) is 0 Å². The number of ether oxygens (including phenoxy) is 1. The lowest BCUT2D eigenvalue weighted by Gasteiger charge is -2.19. The molecule has 0 unspecified atom stereocenters. The van der Waals surface area contributed by atoms with Gasteiger partial charge < -0.3 is 20.7 Å². The van der Waals surface area contributed by atoms with Gasteiger partial charge in [-0.2, -0.15) is 0 Å². The Labute approximate surface area is 154 Å². The van der Waals surface area contributed by atoms with Crippen molar-refractivity contribution in [3.63, 3.8) is 0 Å². The summed E-state index contributed by atoms with van der Waals surface area (Å²) in [5.41, 5.74) is 0.479. The van der Waals surface area contributed by atoms with Gasteiger partial charge in [0.1, 0.15) is 12.1 Å². The van der Waals surface area contributed by atoms with Crippen molar-refractivity contribution in [3.8, 4) is 0 Å². The van der Waals surface area contributed by atoms with Gasteiger partial charge in [-0.1, -0.05) is 32.9 Å². The van der Waals surface area contributed by atoms with Gasteiger partial charge in [-0.3, -0.25) is 9.59 Å². The first kappa shape index (κ1) is 21.5. The zero-order valence-corrected chi connectivity index (χ0v) is 16.4. The maximum Gasteiger partial charge on any atom is 0.408 e. The summed E-state index contributed by atoms with van der Waals surface area (Å²) in [7, 11) is 0. The number of benzene rings is 1. The van der Waals surface area contributed by atoms with Crippen LogP contribution in [0.2, 0.25) is 0 Å². The van der Waals surface area contributed by atoms with Crippen LogP contribution in [0.5, 0.6) is 0 Å². The highest BCUT2D eigenvalue weighted by Gasteiger charge is 2.20. The summed E-state index contributed by atoms with van der Waals surface area (Å²) in [5.74, 6) is -0.382. The lowest BCUT2D eigenvalue weighted by atomic mass is 9.95. The molecule has 144 valence electrons. The molecule has 3 N–H and O–H groups in total. The van der Waals surface area contributed by atoms with Crippen molar-refractivity contribution in [1.29, 1.82) is 0 Å². The second-order valence-electron chi connectivity index (χ2n) is 8.03. The van der Waals surface area contributed by atoms with Gasteiger partial charge in [0.05, 0.1) is 0 Å². The van der Waals surface area contributed by atoms with E-state index in [0.717, 1.165) is 5.56 Å². The van der Waals surface area contributed by atoms with Gasteiger partial charge in [-0.05, 0) is 38.5 Å². The molecule has 1 aromatic rings. The highest BCUT2D eigenvalue weighted by atomic mass is 16.6. The van der Waals surface area contributed by atoms with Crippen molar-refractivity contribution >= 4 is 23.6 Å². The summed E-state index contributed by atoms with van der Waals surface area (Å²) < 4.78 is 5.06. The zero-order chi connectivity index (χ0) is 20.0. The van der Waals surface area contributed by atoms with E-state index in [1.807, 2.05) is 32.9 Å². The van der Waals surface area contributed by atoms with Gasteiger partial charge in [-0.25, -0.2) is 4.79 Å². The summed E-state index contributed by atoms with van der Waals surface area (Å²) in [6, 6.07) is 7.12. The summed E-state index contributed by atoms with van der Waals surface area (Å²) in [4.78, 5) is 35.2. The molecule has 0 atom stereocenters. The SMILES string of the molecule is CC(C)(C)OC(=O)NCC(=O)Nc1ccc(CNC(=O)C(C)(C)C)cc1. The van der Waals surface area contributed by atoms with E-state index in [1.54, 1.807) is 32.9 Å². The number of amides is 3. The van der Waals surface area contributed by atoms with Crippen LogP contribution in [0.1, 0.15) is 47.1 Å². The minimum absolute atomic E-state index is 0.0249. The molecule has 0 heterocycles. The van der Waals surface area contributed by atoms with Crippen LogP contribution in [0.15, 0.2) is 24.3 Å². The second kappa shape index (κ2) is 8.69. The number of rotatable bonds is 5. The third-order valence-electron chi connectivity index (χ3n) is 3.16. The van der Waals surface area contributed by atoms with Crippen LogP contribution in [-0.2, 0) is 20.9 Å². The lowest BCUT2D eigenvalue weighted by Crippen LogP contribution is -2.37. The topological polar surface area (TPSA) is 96.5 Å². The molecule has 1 aromatic carbocycles. The average Bonchev–Trinajstić information content (AvgIpc) is 2.49. The largest absolute Gasteiger partial charge is 0.444 e. The first-order valence-electron chi connectivity index (χ1n) is 8.51. The van der Waals surface area contributed by atoms with E-state index in [1.165, 1.54) is 0 Å². The van der Waals surface area contributed by atoms with Gasteiger partial charge in [0, 0.05) is 17.6 Å². The van der Waals surface area contributed by atoms with Crippen molar-refractivity contribution in [2.24, 2.45) is 5.41 Å². The van der Waals surface area contributed by atoms with Crippen LogP contribution < -0.4 is 16.0 Å². The Morgan fingerprint density at radius 2 is 1.50 bits per heavy atom. The Morgan fingerprint density at radius 1 is 0.923 bits per heavy atom. The van der Waals surface area contributed by atoms with Crippen LogP contribution in [0, 0.1) is 5.41 Å². The zero-order valence-electron chi connectivity index (χ0n) is 16.4. The van der Waals surface area contributed by atoms with Crippen molar-refractivity contribution < 1.29 is 19.1 Å². The predicted octanol–water partition coefficient (Wildman–Crippen LogP) is 2.81. The number of anilines is 1. The third kappa shape index (κ3) is 8.50. The van der Waals surface area contributed by atoms with Crippen LogP contribution in [0.25, 0.3) is 0 Å². The van der Waals surface area contributed by atoms with Crippen LogP contribution in [0.4, 0.5) is 10.5 Å². The first-order valence-corrected chi connectivity index (χ1v) is 8.51. The number of carbonyl (C=O) groups is 3. The molecule has 0 aliphatic rings. The van der Waals surface area contributed by atoms with Gasteiger partial charge in [0.25, 0.3) is 0 Å². The van der Waals surface area contributed by atoms with Crippen LogP contribution >= 0.6 is 0 Å². The number of carbonyl (C=O) groups excluding carboxylic acids is 3. The standard InChI is InChI=1S/C19H29N3O4/c1-18(2,3)16(24)20-11-13-7-9-14(10-8-13)22-15(23)12-21-17(25)26-19(4,5)6/h7-10H,11-12H2,1-6H3,(H,20,24)(H,21,25)(H,22,23).